The molecule has 0 atom stereocenters. The number of aliphatic imine (C=N–C) groups is 1. The molecule has 2 aromatic rings. The van der Waals surface area contributed by atoms with E-state index >= 15 is 0 Å². The quantitative estimate of drug-likeness (QED) is 0.458. The van der Waals surface area contributed by atoms with Crippen LogP contribution >= 0.6 is 0 Å². The number of hydrogen-bond acceptors (Lipinski definition) is 4. The molecule has 3 rings (SSSR count). The molecule has 0 spiro atoms. The number of phenolic OH excluding ortho intramolecular Hbond substituents is 1. The predicted octanol–water partition coefficient (Wildman–Crippen LogP) is 2.62. The summed E-state index contributed by atoms with van der Waals surface area (Å²) in [6.07, 6.45) is 1.04. The first-order valence-corrected chi connectivity index (χ1v) is 9.94. The maximum absolute atomic E-state index is 10.1. The topological polar surface area (TPSA) is 54.3 Å². The molecule has 1 heterocycles. The van der Waals surface area contributed by atoms with Crippen molar-refractivity contribution in [1.82, 2.24) is 10.2 Å². The molecule has 0 saturated carbocycles. The van der Waals surface area contributed by atoms with Crippen LogP contribution in [0.2, 0.25) is 0 Å². The smallest absolute Gasteiger partial charge is 0.193 e. The summed E-state index contributed by atoms with van der Waals surface area (Å²) >= 11 is 0. The molecule has 150 valence electrons. The zero-order valence-electron chi connectivity index (χ0n) is 16.9. The van der Waals surface area contributed by atoms with E-state index in [0.29, 0.717) is 5.75 Å². The van der Waals surface area contributed by atoms with Crippen LogP contribution in [0.15, 0.2) is 59.6 Å². The minimum Gasteiger partial charge on any atom is -0.506 e. The lowest BCUT2D eigenvalue weighted by Crippen LogP contribution is -2.52. The first-order valence-electron chi connectivity index (χ1n) is 9.94. The van der Waals surface area contributed by atoms with E-state index in [0.717, 1.165) is 57.3 Å². The zero-order valence-corrected chi connectivity index (χ0v) is 16.9. The Kier molecular flexibility index (Phi) is 7.00. The van der Waals surface area contributed by atoms with Crippen molar-refractivity contribution >= 4 is 17.3 Å². The van der Waals surface area contributed by atoms with Crippen molar-refractivity contribution < 1.29 is 5.11 Å². The monoisotopic (exact) mass is 381 g/mol. The number of phenols is 1. The molecule has 0 bridgehead atoms. The van der Waals surface area contributed by atoms with E-state index < -0.39 is 0 Å². The summed E-state index contributed by atoms with van der Waals surface area (Å²) in [5.74, 6) is 1.31. The lowest BCUT2D eigenvalue weighted by Gasteiger charge is -2.37. The molecule has 2 N–H and O–H groups in total. The third-order valence-electron chi connectivity index (χ3n) is 5.16. The molecular weight excluding hydrogens is 350 g/mol. The molecule has 28 heavy (non-hydrogen) atoms. The molecule has 2 aromatic carbocycles. The first kappa shape index (κ1) is 19.9. The first-order chi connectivity index (χ1) is 13.7. The Balaban J connectivity index is 1.42. The van der Waals surface area contributed by atoms with Crippen molar-refractivity contribution in [3.05, 3.63) is 54.6 Å². The van der Waals surface area contributed by atoms with E-state index in [-0.39, 0.29) is 0 Å². The van der Waals surface area contributed by atoms with Crippen LogP contribution in [0.4, 0.5) is 11.4 Å². The van der Waals surface area contributed by atoms with Gasteiger partial charge in [-0.15, -0.1) is 0 Å². The summed E-state index contributed by atoms with van der Waals surface area (Å²) in [6, 6.07) is 18.0. The number of nitrogens with zero attached hydrogens (tertiary/aromatic N) is 4. The number of hydrogen-bond donors (Lipinski definition) is 2. The van der Waals surface area contributed by atoms with Crippen molar-refractivity contribution in [2.45, 2.75) is 6.42 Å². The van der Waals surface area contributed by atoms with Gasteiger partial charge in [-0.3, -0.25) is 4.99 Å². The highest BCUT2D eigenvalue weighted by Crippen LogP contribution is 2.27. The van der Waals surface area contributed by atoms with Crippen LogP contribution in [0.1, 0.15) is 6.42 Å². The number of piperazine rings is 1. The number of para-hydroxylation sites is 3. The van der Waals surface area contributed by atoms with Crippen LogP contribution in [-0.4, -0.2) is 69.3 Å². The number of nitrogens with one attached hydrogen (secondary N) is 1. The minimum atomic E-state index is 0.348. The highest BCUT2D eigenvalue weighted by molar-refractivity contribution is 5.80. The van der Waals surface area contributed by atoms with Gasteiger partial charge in [0.2, 0.25) is 0 Å². The van der Waals surface area contributed by atoms with Crippen molar-refractivity contribution in [3.8, 4) is 5.75 Å². The van der Waals surface area contributed by atoms with E-state index in [9.17, 15) is 5.11 Å². The van der Waals surface area contributed by atoms with Gasteiger partial charge < -0.3 is 25.1 Å². The molecule has 0 amide bonds. The van der Waals surface area contributed by atoms with Crippen molar-refractivity contribution in [3.63, 3.8) is 0 Å². The van der Waals surface area contributed by atoms with Gasteiger partial charge in [-0.2, -0.15) is 0 Å². The van der Waals surface area contributed by atoms with Crippen LogP contribution < -0.4 is 15.1 Å². The van der Waals surface area contributed by atoms with E-state index in [1.165, 1.54) is 5.69 Å². The summed E-state index contributed by atoms with van der Waals surface area (Å²) in [5.41, 5.74) is 2.15. The molecule has 0 aromatic heterocycles. The largest absolute Gasteiger partial charge is 0.506 e. The third kappa shape index (κ3) is 5.09. The molecule has 6 heteroatoms. The van der Waals surface area contributed by atoms with Gasteiger partial charge in [-0.25, -0.2) is 0 Å². The van der Waals surface area contributed by atoms with E-state index in [2.05, 4.69) is 56.3 Å². The van der Waals surface area contributed by atoms with Crippen LogP contribution in [0.25, 0.3) is 0 Å². The normalized spacial score (nSPS) is 14.9. The average Bonchev–Trinajstić information content (AvgIpc) is 2.75. The third-order valence-corrected chi connectivity index (χ3v) is 5.16. The lowest BCUT2D eigenvalue weighted by atomic mass is 10.2. The van der Waals surface area contributed by atoms with Gasteiger partial charge in [0, 0.05) is 59.1 Å². The van der Waals surface area contributed by atoms with Gasteiger partial charge in [0.1, 0.15) is 5.75 Å². The molecule has 1 aliphatic rings. The lowest BCUT2D eigenvalue weighted by molar-refractivity contribution is 0.370. The molecular formula is C22H31N5O. The van der Waals surface area contributed by atoms with E-state index in [1.54, 1.807) is 6.07 Å². The van der Waals surface area contributed by atoms with E-state index in [4.69, 9.17) is 0 Å². The highest BCUT2D eigenvalue weighted by atomic mass is 16.3. The van der Waals surface area contributed by atoms with Gasteiger partial charge in [-0.1, -0.05) is 30.3 Å². The van der Waals surface area contributed by atoms with E-state index in [1.807, 2.05) is 31.3 Å². The molecule has 0 radical (unpaired) electrons. The Morgan fingerprint density at radius 2 is 1.71 bits per heavy atom. The molecule has 1 fully saturated rings. The van der Waals surface area contributed by atoms with Gasteiger partial charge in [0.25, 0.3) is 0 Å². The fraction of sp³-hybridized carbons (Fsp3) is 0.409. The maximum atomic E-state index is 10.1. The molecule has 0 unspecified atom stereocenters. The molecule has 0 aliphatic carbocycles. The van der Waals surface area contributed by atoms with Crippen molar-refractivity contribution in [1.29, 1.82) is 0 Å². The summed E-state index contributed by atoms with van der Waals surface area (Å²) < 4.78 is 0. The van der Waals surface area contributed by atoms with Crippen LogP contribution in [-0.2, 0) is 0 Å². The SMILES string of the molecule is CN=C(NCCCN(C)c1ccccc1)N1CCN(c2ccccc2O)CC1. The molecule has 1 aliphatic heterocycles. The van der Waals surface area contributed by atoms with Crippen molar-refractivity contribution in [2.75, 3.05) is 63.2 Å². The Morgan fingerprint density at radius 3 is 2.39 bits per heavy atom. The number of benzene rings is 2. The fourth-order valence-electron chi connectivity index (χ4n) is 3.55. The fourth-order valence-corrected chi connectivity index (χ4v) is 3.55. The Bertz CT molecular complexity index is 757. The highest BCUT2D eigenvalue weighted by Gasteiger charge is 2.21. The molecule has 6 nitrogen and oxygen atoms in total. The minimum absolute atomic E-state index is 0.348. The standard InChI is InChI=1S/C22H31N5O/c1-23-22(24-13-8-14-25(2)19-9-4-3-5-10-19)27-17-15-26(16-18-27)20-11-6-7-12-21(20)28/h3-7,9-12,28H,8,13-18H2,1-2H3,(H,23,24). The maximum Gasteiger partial charge on any atom is 0.193 e. The zero-order chi connectivity index (χ0) is 19.8. The summed E-state index contributed by atoms with van der Waals surface area (Å²) in [6.45, 7) is 5.40. The Hall–Kier alpha value is -2.89. The second-order valence-electron chi connectivity index (χ2n) is 7.05. The van der Waals surface area contributed by atoms with Crippen LogP contribution in [0.3, 0.4) is 0 Å². The second-order valence-corrected chi connectivity index (χ2v) is 7.05. The second kappa shape index (κ2) is 9.88. The summed E-state index contributed by atoms with van der Waals surface area (Å²) in [7, 11) is 3.97. The predicted molar refractivity (Wildman–Crippen MR) is 118 cm³/mol. The number of guanidine groups is 1. The van der Waals surface area contributed by atoms with Crippen LogP contribution in [0.5, 0.6) is 5.75 Å². The van der Waals surface area contributed by atoms with Crippen molar-refractivity contribution in [2.24, 2.45) is 4.99 Å². The van der Waals surface area contributed by atoms with Gasteiger partial charge in [0.15, 0.2) is 5.96 Å². The summed E-state index contributed by atoms with van der Waals surface area (Å²) in [4.78, 5) is 11.2. The molecule has 1 saturated heterocycles. The Labute approximate surface area is 168 Å². The van der Waals surface area contributed by atoms with Gasteiger partial charge >= 0.3 is 0 Å². The van der Waals surface area contributed by atoms with Gasteiger partial charge in [0.05, 0.1) is 5.69 Å². The van der Waals surface area contributed by atoms with Crippen LogP contribution in [0, 0.1) is 0 Å². The number of aromatic hydroxyl groups is 1. The number of rotatable bonds is 6. The summed E-state index contributed by atoms with van der Waals surface area (Å²) in [5, 5.41) is 13.6. The Morgan fingerprint density at radius 1 is 1.04 bits per heavy atom. The average molecular weight is 382 g/mol. The number of anilines is 2. The van der Waals surface area contributed by atoms with Gasteiger partial charge in [-0.05, 0) is 30.7 Å².